The van der Waals surface area contributed by atoms with Crippen molar-refractivity contribution < 1.29 is 26.3 Å². The van der Waals surface area contributed by atoms with E-state index in [0.717, 1.165) is 12.1 Å². The van der Waals surface area contributed by atoms with E-state index in [1.165, 1.54) is 0 Å². The van der Waals surface area contributed by atoms with Crippen molar-refractivity contribution in [3.05, 3.63) is 29.3 Å². The Morgan fingerprint density at radius 1 is 1.00 bits per heavy atom. The van der Waals surface area contributed by atoms with Crippen molar-refractivity contribution in [2.24, 2.45) is 0 Å². The maximum atomic E-state index is 12.9. The van der Waals surface area contributed by atoms with Crippen LogP contribution in [0.2, 0.25) is 0 Å². The second-order valence-electron chi connectivity index (χ2n) is 3.64. The predicted molar refractivity (Wildman–Crippen MR) is 53.6 cm³/mol. The smallest absolute Gasteiger partial charge is 0.366 e. The second kappa shape index (κ2) is 4.35. The van der Waals surface area contributed by atoms with Crippen molar-refractivity contribution in [3.8, 4) is 5.69 Å². The van der Waals surface area contributed by atoms with Gasteiger partial charge < -0.3 is 5.73 Å². The minimum absolute atomic E-state index is 0.326. The van der Waals surface area contributed by atoms with Crippen LogP contribution in [0.25, 0.3) is 5.69 Å². The standard InChI is InChI=1S/C9H5F6N5/c10-8(11,12)4-2-1-3-5(6(4)9(13,14)15)20-7(16)17-18-19-20/h1-3H,(H2,16,17,19). The summed E-state index contributed by atoms with van der Waals surface area (Å²) in [4.78, 5) is 0. The summed E-state index contributed by atoms with van der Waals surface area (Å²) in [5.41, 5.74) is 0.596. The molecule has 0 unspecified atom stereocenters. The predicted octanol–water partition coefficient (Wildman–Crippen LogP) is 2.28. The van der Waals surface area contributed by atoms with E-state index in [9.17, 15) is 26.3 Å². The van der Waals surface area contributed by atoms with E-state index >= 15 is 0 Å². The largest absolute Gasteiger partial charge is 0.419 e. The summed E-state index contributed by atoms with van der Waals surface area (Å²) in [5, 5.41) is 9.29. The monoisotopic (exact) mass is 297 g/mol. The lowest BCUT2D eigenvalue weighted by molar-refractivity contribution is -0.162. The van der Waals surface area contributed by atoms with Crippen molar-refractivity contribution in [3.63, 3.8) is 0 Å². The number of halogens is 6. The van der Waals surface area contributed by atoms with E-state index in [-0.39, 0.29) is 0 Å². The van der Waals surface area contributed by atoms with Gasteiger partial charge in [-0.2, -0.15) is 31.0 Å². The molecule has 108 valence electrons. The van der Waals surface area contributed by atoms with Crippen LogP contribution in [0.3, 0.4) is 0 Å². The number of tetrazole rings is 1. The number of nitrogens with zero attached hydrogens (tertiary/aromatic N) is 4. The highest BCUT2D eigenvalue weighted by molar-refractivity contribution is 5.50. The van der Waals surface area contributed by atoms with Crippen LogP contribution in [0.4, 0.5) is 32.3 Å². The third kappa shape index (κ3) is 2.38. The number of hydrogen-bond donors (Lipinski definition) is 1. The maximum Gasteiger partial charge on any atom is 0.419 e. The zero-order chi connectivity index (χ0) is 15.1. The quantitative estimate of drug-likeness (QED) is 0.820. The summed E-state index contributed by atoms with van der Waals surface area (Å²) in [6.45, 7) is 0. The molecule has 0 spiro atoms. The van der Waals surface area contributed by atoms with Gasteiger partial charge in [0.1, 0.15) is 0 Å². The first-order valence-corrected chi connectivity index (χ1v) is 4.94. The van der Waals surface area contributed by atoms with Gasteiger partial charge in [0.15, 0.2) is 0 Å². The molecule has 0 atom stereocenters. The molecule has 1 heterocycles. The molecule has 2 aromatic rings. The van der Waals surface area contributed by atoms with Gasteiger partial charge in [0.25, 0.3) is 0 Å². The molecule has 20 heavy (non-hydrogen) atoms. The maximum absolute atomic E-state index is 12.9. The minimum atomic E-state index is -5.25. The first kappa shape index (κ1) is 14.1. The van der Waals surface area contributed by atoms with Crippen LogP contribution in [0.5, 0.6) is 0 Å². The number of aromatic nitrogens is 4. The summed E-state index contributed by atoms with van der Waals surface area (Å²) in [6, 6.07) is 1.94. The summed E-state index contributed by atoms with van der Waals surface area (Å²) in [5.74, 6) is -0.560. The number of benzene rings is 1. The van der Waals surface area contributed by atoms with Gasteiger partial charge in [-0.05, 0) is 22.6 Å². The third-order valence-electron chi connectivity index (χ3n) is 2.35. The molecule has 11 heteroatoms. The van der Waals surface area contributed by atoms with Gasteiger partial charge >= 0.3 is 12.4 Å². The number of alkyl halides is 6. The van der Waals surface area contributed by atoms with Crippen LogP contribution < -0.4 is 5.73 Å². The Bertz CT molecular complexity index is 628. The Labute approximate surface area is 107 Å². The number of nitrogens with two attached hydrogens (primary N) is 1. The van der Waals surface area contributed by atoms with Crippen molar-refractivity contribution in [1.29, 1.82) is 0 Å². The third-order valence-corrected chi connectivity index (χ3v) is 2.35. The SMILES string of the molecule is Nc1nnnn1-c1cccc(C(F)(F)F)c1C(F)(F)F. The zero-order valence-corrected chi connectivity index (χ0v) is 9.37. The molecule has 2 N–H and O–H groups in total. The van der Waals surface area contributed by atoms with Crippen molar-refractivity contribution in [2.75, 3.05) is 5.73 Å². The first-order valence-electron chi connectivity index (χ1n) is 4.94. The number of rotatable bonds is 1. The lowest BCUT2D eigenvalue weighted by Gasteiger charge is -2.18. The summed E-state index contributed by atoms with van der Waals surface area (Å²) in [6.07, 6.45) is -10.4. The molecule has 0 amide bonds. The van der Waals surface area contributed by atoms with Gasteiger partial charge in [0.2, 0.25) is 5.95 Å². The van der Waals surface area contributed by atoms with E-state index in [2.05, 4.69) is 15.5 Å². The summed E-state index contributed by atoms with van der Waals surface area (Å²) in [7, 11) is 0. The van der Waals surface area contributed by atoms with E-state index in [1.54, 1.807) is 0 Å². The number of hydrogen-bond acceptors (Lipinski definition) is 4. The highest BCUT2D eigenvalue weighted by atomic mass is 19.4. The molecule has 0 bridgehead atoms. The molecule has 2 rings (SSSR count). The average molecular weight is 297 g/mol. The van der Waals surface area contributed by atoms with Crippen LogP contribution in [-0.4, -0.2) is 20.2 Å². The van der Waals surface area contributed by atoms with Gasteiger partial charge in [-0.1, -0.05) is 11.2 Å². The molecular formula is C9H5F6N5. The topological polar surface area (TPSA) is 69.6 Å². The molecule has 0 radical (unpaired) electrons. The Morgan fingerprint density at radius 2 is 1.65 bits per heavy atom. The van der Waals surface area contributed by atoms with Crippen LogP contribution in [-0.2, 0) is 12.4 Å². The van der Waals surface area contributed by atoms with E-state index < -0.39 is 35.1 Å². The molecule has 0 aliphatic carbocycles. The van der Waals surface area contributed by atoms with Crippen LogP contribution in [0, 0.1) is 0 Å². The molecule has 0 saturated carbocycles. The molecular weight excluding hydrogens is 292 g/mol. The van der Waals surface area contributed by atoms with E-state index in [1.807, 2.05) is 0 Å². The Morgan fingerprint density at radius 3 is 2.10 bits per heavy atom. The number of nitrogen functional groups attached to an aromatic ring is 1. The van der Waals surface area contributed by atoms with Gasteiger partial charge in [-0.3, -0.25) is 0 Å². The van der Waals surface area contributed by atoms with Gasteiger partial charge in [-0.25, -0.2) is 0 Å². The van der Waals surface area contributed by atoms with Crippen LogP contribution >= 0.6 is 0 Å². The Hall–Kier alpha value is -2.33. The molecule has 0 aliphatic heterocycles. The van der Waals surface area contributed by atoms with Gasteiger partial charge in [0, 0.05) is 0 Å². The fourth-order valence-electron chi connectivity index (χ4n) is 1.62. The van der Waals surface area contributed by atoms with Crippen molar-refractivity contribution in [1.82, 2.24) is 20.2 Å². The summed E-state index contributed by atoms with van der Waals surface area (Å²) >= 11 is 0. The number of anilines is 1. The zero-order valence-electron chi connectivity index (χ0n) is 9.37. The molecule has 1 aromatic heterocycles. The fourth-order valence-corrected chi connectivity index (χ4v) is 1.62. The molecule has 1 aromatic carbocycles. The average Bonchev–Trinajstić information content (AvgIpc) is 2.72. The lowest BCUT2D eigenvalue weighted by atomic mass is 10.0. The van der Waals surface area contributed by atoms with Gasteiger partial charge in [0.05, 0.1) is 16.8 Å². The first-order chi connectivity index (χ1) is 9.12. The Kier molecular flexibility index (Phi) is 3.07. The van der Waals surface area contributed by atoms with Gasteiger partial charge in [-0.15, -0.1) is 0 Å². The second-order valence-corrected chi connectivity index (χ2v) is 3.64. The van der Waals surface area contributed by atoms with Crippen LogP contribution in [0.1, 0.15) is 11.1 Å². The highest BCUT2D eigenvalue weighted by Crippen LogP contribution is 2.43. The molecule has 0 saturated heterocycles. The van der Waals surface area contributed by atoms with E-state index in [0.29, 0.717) is 10.7 Å². The molecule has 0 aliphatic rings. The normalized spacial score (nSPS) is 12.7. The summed E-state index contributed by atoms with van der Waals surface area (Å²) < 4.78 is 77.3. The molecule has 0 fully saturated rings. The highest BCUT2D eigenvalue weighted by Gasteiger charge is 2.45. The minimum Gasteiger partial charge on any atom is -0.366 e. The Balaban J connectivity index is 2.80. The van der Waals surface area contributed by atoms with Crippen LogP contribution in [0.15, 0.2) is 18.2 Å². The lowest BCUT2D eigenvalue weighted by Crippen LogP contribution is -2.20. The van der Waals surface area contributed by atoms with Crippen molar-refractivity contribution >= 4 is 5.95 Å². The van der Waals surface area contributed by atoms with E-state index in [4.69, 9.17) is 5.73 Å². The fraction of sp³-hybridized carbons (Fsp3) is 0.222. The molecule has 5 nitrogen and oxygen atoms in total. The van der Waals surface area contributed by atoms with Crippen molar-refractivity contribution in [2.45, 2.75) is 12.4 Å².